The van der Waals surface area contributed by atoms with Crippen molar-refractivity contribution in [3.8, 4) is 11.5 Å². The third-order valence-corrected chi connectivity index (χ3v) is 20.3. The molecule has 0 unspecified atom stereocenters. The minimum atomic E-state index is -0.188. The molecule has 0 radical (unpaired) electrons. The van der Waals surface area contributed by atoms with E-state index in [4.69, 9.17) is 61.3 Å². The van der Waals surface area contributed by atoms with Crippen LogP contribution in [0.25, 0.3) is 11.5 Å². The standard InChI is InChI=1S/C88H155N13O18S/c1-5-7-9-11-13-15-17-19-21-23-25-27-29-31-33-80-75-100(97-93-80)49-61-107-51-39-82(102)89-43-55-111-57-45-91-84(104)41-53-109-63-67-115-71-73-117-69-65-113-59-47-99(87(106)79-37-35-78(36-38-79)86-95-96-88(119-86)120-77(3)4)48-60-114-66-70-118-74-72-116-68-64-110-54-42-85(105)92-46-58-112-56-44-90-83(103)40-52-108-62-50-101-76-81(94-98-101)34-32-30-28-26-24-22-20-18-16-14-12-10-8-6-2/h35-38,75-77H,5-34,39-74H2,1-4H3,(H,89,102)(H,90,103)(H,91,104)(H,92,105). The first-order valence-electron chi connectivity index (χ1n) is 45.7. The van der Waals surface area contributed by atoms with Crippen LogP contribution in [0, 0.1) is 0 Å². The summed E-state index contributed by atoms with van der Waals surface area (Å²) in [4.78, 5) is 64.6. The molecule has 0 aliphatic carbocycles. The Morgan fingerprint density at radius 2 is 0.650 bits per heavy atom. The number of nitrogens with zero attached hydrogens (tertiary/aromatic N) is 9. The van der Waals surface area contributed by atoms with E-state index in [1.807, 2.05) is 26.2 Å². The molecule has 0 atom stereocenters. The summed E-state index contributed by atoms with van der Waals surface area (Å²) in [6, 6.07) is 7.05. The maximum Gasteiger partial charge on any atom is 0.277 e. The maximum absolute atomic E-state index is 13.9. The number of carbonyl (C=O) groups excluding carboxylic acids is 5. The van der Waals surface area contributed by atoms with Crippen molar-refractivity contribution in [1.29, 1.82) is 0 Å². The molecule has 3 aromatic heterocycles. The van der Waals surface area contributed by atoms with Crippen LogP contribution in [-0.4, -0.2) is 278 Å². The van der Waals surface area contributed by atoms with Gasteiger partial charge >= 0.3 is 0 Å². The highest BCUT2D eigenvalue weighted by atomic mass is 32.2. The Balaban J connectivity index is 0.894. The van der Waals surface area contributed by atoms with E-state index < -0.39 is 0 Å². The predicted molar refractivity (Wildman–Crippen MR) is 465 cm³/mol. The number of aromatic nitrogens is 8. The zero-order chi connectivity index (χ0) is 85.5. The Labute approximate surface area is 721 Å². The van der Waals surface area contributed by atoms with E-state index in [1.54, 1.807) is 38.5 Å². The highest BCUT2D eigenvalue weighted by Gasteiger charge is 2.19. The number of hydrogen-bond acceptors (Lipinski definition) is 25. The zero-order valence-corrected chi connectivity index (χ0v) is 74.8. The summed E-state index contributed by atoms with van der Waals surface area (Å²) in [5.74, 6) is -0.336. The monoisotopic (exact) mass is 1710 g/mol. The van der Waals surface area contributed by atoms with Crippen molar-refractivity contribution >= 4 is 41.3 Å². The molecule has 120 heavy (non-hydrogen) atoms. The number of aryl methyl sites for hydroxylation is 2. The third kappa shape index (κ3) is 62.0. The fourth-order valence-corrected chi connectivity index (χ4v) is 13.2. The van der Waals surface area contributed by atoms with E-state index in [9.17, 15) is 24.0 Å². The summed E-state index contributed by atoms with van der Waals surface area (Å²) in [7, 11) is 0. The largest absolute Gasteiger partial charge is 0.411 e. The Morgan fingerprint density at radius 1 is 0.358 bits per heavy atom. The smallest absolute Gasteiger partial charge is 0.277 e. The SMILES string of the molecule is CCCCCCCCCCCCCCCCc1cn(CCOCCC(=O)NCCOCCNC(=O)CCOCCOCCOCCOCCN(CCOCCOCCOCCOCCC(=O)NCCOCCNC(=O)CCOCCn2cc(CCCCCCCCCCCCCCCC)nn2)C(=O)c2ccc(-c3nnc(SC(C)C)o3)cc2)nn1. The van der Waals surface area contributed by atoms with Gasteiger partial charge in [0.2, 0.25) is 29.5 Å². The van der Waals surface area contributed by atoms with Gasteiger partial charge in [-0.3, -0.25) is 24.0 Å². The number of rotatable bonds is 88. The van der Waals surface area contributed by atoms with Gasteiger partial charge in [0.15, 0.2) is 0 Å². The summed E-state index contributed by atoms with van der Waals surface area (Å²) in [6.45, 7) is 19.8. The molecular formula is C88H155N13O18S. The molecule has 1 aromatic carbocycles. The molecule has 0 bridgehead atoms. The molecular weight excluding hydrogens is 1560 g/mol. The molecule has 4 rings (SSSR count). The number of ether oxygens (including phenoxy) is 12. The zero-order valence-electron chi connectivity index (χ0n) is 74.0. The summed E-state index contributed by atoms with van der Waals surface area (Å²) in [5.41, 5.74) is 3.22. The van der Waals surface area contributed by atoms with Crippen LogP contribution in [0.5, 0.6) is 0 Å². The van der Waals surface area contributed by atoms with E-state index in [0.29, 0.717) is 207 Å². The normalized spacial score (nSPS) is 11.5. The van der Waals surface area contributed by atoms with Gasteiger partial charge in [0.05, 0.1) is 183 Å². The lowest BCUT2D eigenvalue weighted by atomic mass is 10.0. The first-order valence-corrected chi connectivity index (χ1v) is 46.6. The van der Waals surface area contributed by atoms with Crippen molar-refractivity contribution in [2.24, 2.45) is 0 Å². The minimum absolute atomic E-state index is 0.112. The van der Waals surface area contributed by atoms with Gasteiger partial charge < -0.3 is 87.4 Å². The van der Waals surface area contributed by atoms with Gasteiger partial charge in [0.25, 0.3) is 11.1 Å². The van der Waals surface area contributed by atoms with Crippen LogP contribution in [0.1, 0.15) is 255 Å². The van der Waals surface area contributed by atoms with E-state index >= 15 is 0 Å². The number of unbranched alkanes of at least 4 members (excludes halogenated alkanes) is 26. The van der Waals surface area contributed by atoms with Gasteiger partial charge in [-0.15, -0.1) is 20.4 Å². The fraction of sp³-hybridized carbons (Fsp3) is 0.807. The number of benzene rings is 1. The van der Waals surface area contributed by atoms with E-state index in [-0.39, 0.29) is 86.9 Å². The molecule has 0 aliphatic rings. The molecule has 3 heterocycles. The molecule has 0 saturated carbocycles. The van der Waals surface area contributed by atoms with E-state index in [2.05, 4.69) is 65.9 Å². The molecule has 4 N–H and O–H groups in total. The molecule has 4 aromatic rings. The lowest BCUT2D eigenvalue weighted by molar-refractivity contribution is -0.123. The van der Waals surface area contributed by atoms with Gasteiger partial charge in [0, 0.05) is 93.7 Å². The van der Waals surface area contributed by atoms with Gasteiger partial charge in [-0.1, -0.05) is 217 Å². The summed E-state index contributed by atoms with van der Waals surface area (Å²) in [6.07, 6.45) is 44.4. The van der Waals surface area contributed by atoms with Crippen LogP contribution in [0.3, 0.4) is 0 Å². The van der Waals surface area contributed by atoms with Crippen LogP contribution in [0.2, 0.25) is 0 Å². The highest BCUT2D eigenvalue weighted by molar-refractivity contribution is 7.99. The second-order valence-electron chi connectivity index (χ2n) is 30.3. The predicted octanol–water partition coefficient (Wildman–Crippen LogP) is 12.5. The topological polar surface area (TPSA) is 348 Å². The average molecular weight is 1720 g/mol. The van der Waals surface area contributed by atoms with Gasteiger partial charge in [0.1, 0.15) is 0 Å². The lowest BCUT2D eigenvalue weighted by Gasteiger charge is -2.23. The van der Waals surface area contributed by atoms with Crippen LogP contribution < -0.4 is 21.3 Å². The molecule has 0 aliphatic heterocycles. The Bertz CT molecular complexity index is 2920. The number of nitrogens with one attached hydrogen (secondary N) is 4. The van der Waals surface area contributed by atoms with Gasteiger partial charge in [-0.25, -0.2) is 9.36 Å². The number of hydrogen-bond donors (Lipinski definition) is 4. The number of carbonyl (C=O) groups is 5. The molecule has 32 heteroatoms. The lowest BCUT2D eigenvalue weighted by Crippen LogP contribution is -2.37. The first kappa shape index (κ1) is 106. The van der Waals surface area contributed by atoms with Crippen LogP contribution in [-0.2, 0) is 102 Å². The fourth-order valence-electron chi connectivity index (χ4n) is 12.6. The molecule has 0 fully saturated rings. The van der Waals surface area contributed by atoms with Crippen molar-refractivity contribution in [2.45, 2.75) is 270 Å². The van der Waals surface area contributed by atoms with Gasteiger partial charge in [-0.05, 0) is 49.9 Å². The Kier molecular flexibility index (Phi) is 68.7. The maximum atomic E-state index is 13.9. The van der Waals surface area contributed by atoms with Crippen LogP contribution in [0.15, 0.2) is 46.3 Å². The summed E-state index contributed by atoms with van der Waals surface area (Å²) < 4.78 is 77.3. The average Bonchev–Trinajstić information content (AvgIpc) is 1.65. The quantitative estimate of drug-likeness (QED) is 0.0236. The van der Waals surface area contributed by atoms with Crippen molar-refractivity contribution in [2.75, 3.05) is 198 Å². The molecule has 5 amide bonds. The van der Waals surface area contributed by atoms with Crippen molar-refractivity contribution in [1.82, 2.24) is 66.4 Å². The second-order valence-corrected chi connectivity index (χ2v) is 31.8. The van der Waals surface area contributed by atoms with Crippen LogP contribution in [0.4, 0.5) is 0 Å². The van der Waals surface area contributed by atoms with E-state index in [0.717, 1.165) is 37.1 Å². The van der Waals surface area contributed by atoms with Crippen LogP contribution >= 0.6 is 11.8 Å². The summed E-state index contributed by atoms with van der Waals surface area (Å²) >= 11 is 1.48. The first-order chi connectivity index (χ1) is 59.0. The number of amides is 5. The molecule has 0 saturated heterocycles. The Hall–Kier alpha value is -6.14. The Morgan fingerprint density at radius 3 is 0.975 bits per heavy atom. The third-order valence-electron chi connectivity index (χ3n) is 19.5. The van der Waals surface area contributed by atoms with E-state index in [1.165, 1.54) is 179 Å². The molecule has 686 valence electrons. The minimum Gasteiger partial charge on any atom is -0.411 e. The van der Waals surface area contributed by atoms with Gasteiger partial charge in [-0.2, -0.15) is 0 Å². The van der Waals surface area contributed by atoms with Crippen molar-refractivity contribution < 1.29 is 85.2 Å². The second kappa shape index (κ2) is 77.6. The summed E-state index contributed by atoms with van der Waals surface area (Å²) in [5, 5.41) is 37.4. The van der Waals surface area contributed by atoms with Crippen molar-refractivity contribution in [3.05, 3.63) is 53.6 Å². The van der Waals surface area contributed by atoms with Crippen molar-refractivity contribution in [3.63, 3.8) is 0 Å². The molecule has 31 nitrogen and oxygen atoms in total. The highest BCUT2D eigenvalue weighted by Crippen LogP contribution is 2.27. The number of thioether (sulfide) groups is 1. The molecule has 0 spiro atoms.